The van der Waals surface area contributed by atoms with Crippen LogP contribution in [0.15, 0.2) is 203 Å². The molecule has 52 heavy (non-hydrogen) atoms. The van der Waals surface area contributed by atoms with Crippen LogP contribution in [0, 0.1) is 0 Å². The Morgan fingerprint density at radius 2 is 0.827 bits per heavy atom. The van der Waals surface area contributed by atoms with Gasteiger partial charge in [-0.1, -0.05) is 115 Å². The highest BCUT2D eigenvalue weighted by molar-refractivity contribution is 6.17. The Morgan fingerprint density at radius 3 is 1.58 bits per heavy atom. The highest BCUT2D eigenvalue weighted by atomic mass is 16.3. The van der Waals surface area contributed by atoms with Gasteiger partial charge in [0, 0.05) is 45.0 Å². The van der Waals surface area contributed by atoms with Gasteiger partial charge in [-0.25, -0.2) is 0 Å². The molecule has 0 aliphatic rings. The Kier molecular flexibility index (Phi) is 7.10. The molecule has 0 unspecified atom stereocenters. The normalized spacial score (nSPS) is 11.5. The average molecular weight is 669 g/mol. The zero-order valence-corrected chi connectivity index (χ0v) is 28.2. The minimum absolute atomic E-state index is 0.818. The van der Waals surface area contributed by atoms with E-state index in [-0.39, 0.29) is 0 Å². The quantitative estimate of drug-likeness (QED) is 0.169. The van der Waals surface area contributed by atoms with Crippen LogP contribution in [-0.4, -0.2) is 0 Å². The second-order valence-corrected chi connectivity index (χ2v) is 12.9. The molecule has 10 rings (SSSR count). The first-order valence-corrected chi connectivity index (χ1v) is 17.5. The lowest BCUT2D eigenvalue weighted by Gasteiger charge is -2.26. The van der Waals surface area contributed by atoms with Gasteiger partial charge in [-0.05, 0) is 83.9 Å². The predicted octanol–water partition coefficient (Wildman–Crippen LogP) is 14.1. The number of nitrogens with zero attached hydrogens (tertiary/aromatic N) is 2. The first-order chi connectivity index (χ1) is 25.8. The fraction of sp³-hybridized carbons (Fsp3) is 0. The Labute approximate surface area is 301 Å². The van der Waals surface area contributed by atoms with Crippen LogP contribution in [0.1, 0.15) is 0 Å². The Morgan fingerprint density at radius 1 is 0.308 bits per heavy atom. The third-order valence-electron chi connectivity index (χ3n) is 9.84. The third-order valence-corrected chi connectivity index (χ3v) is 9.84. The number of hydrogen-bond donors (Lipinski definition) is 0. The first kappa shape index (κ1) is 29.8. The minimum Gasteiger partial charge on any atom is -0.456 e. The summed E-state index contributed by atoms with van der Waals surface area (Å²) < 4.78 is 13.3. The summed E-state index contributed by atoms with van der Waals surface area (Å²) in [5, 5.41) is 4.29. The molecule has 2 heterocycles. The van der Waals surface area contributed by atoms with Gasteiger partial charge < -0.3 is 18.6 Å². The van der Waals surface area contributed by atoms with Crippen molar-refractivity contribution in [2.45, 2.75) is 0 Å². The van der Waals surface area contributed by atoms with Crippen molar-refractivity contribution in [1.29, 1.82) is 0 Å². The lowest BCUT2D eigenvalue weighted by atomic mass is 10.0. The molecule has 0 saturated carbocycles. The van der Waals surface area contributed by atoms with Crippen LogP contribution in [0.5, 0.6) is 0 Å². The molecule has 2 aromatic heterocycles. The third kappa shape index (κ3) is 5.00. The monoisotopic (exact) mass is 668 g/mol. The minimum atomic E-state index is 0.818. The van der Waals surface area contributed by atoms with Crippen molar-refractivity contribution in [3.8, 4) is 11.1 Å². The Hall–Kier alpha value is -7.04. The molecule has 0 saturated heterocycles. The van der Waals surface area contributed by atoms with Crippen molar-refractivity contribution in [1.82, 2.24) is 0 Å². The van der Waals surface area contributed by atoms with Crippen LogP contribution in [0.2, 0.25) is 0 Å². The van der Waals surface area contributed by atoms with Crippen molar-refractivity contribution >= 4 is 78.0 Å². The average Bonchev–Trinajstić information content (AvgIpc) is 3.79. The number of para-hydroxylation sites is 4. The van der Waals surface area contributed by atoms with Crippen LogP contribution in [0.3, 0.4) is 0 Å². The number of furan rings is 2. The standard InChI is InChI=1S/C48H32N2O2/c1-4-14-33(15-5-1)34-26-28-37(29-27-34)49(35-16-6-2-7-17-35)43-23-12-21-41-47-42(22-13-25-45(47)52-48(41)43)50(36-18-8-3-9-19-36)38-30-31-40-39-20-10-11-24-44(39)51-46(40)32-38/h1-32H. The van der Waals surface area contributed by atoms with E-state index in [4.69, 9.17) is 8.83 Å². The molecule has 0 radical (unpaired) electrons. The van der Waals surface area contributed by atoms with Crippen molar-refractivity contribution in [3.05, 3.63) is 194 Å². The molecule has 0 bridgehead atoms. The van der Waals surface area contributed by atoms with Crippen molar-refractivity contribution in [2.24, 2.45) is 0 Å². The number of hydrogen-bond acceptors (Lipinski definition) is 4. The maximum Gasteiger partial charge on any atom is 0.159 e. The lowest BCUT2D eigenvalue weighted by molar-refractivity contribution is 0.669. The van der Waals surface area contributed by atoms with Gasteiger partial charge in [0.25, 0.3) is 0 Å². The maximum atomic E-state index is 6.89. The van der Waals surface area contributed by atoms with Crippen molar-refractivity contribution in [2.75, 3.05) is 9.80 Å². The summed E-state index contributed by atoms with van der Waals surface area (Å²) in [4.78, 5) is 4.58. The van der Waals surface area contributed by atoms with E-state index in [2.05, 4.69) is 186 Å². The molecule has 0 fully saturated rings. The molecule has 0 aliphatic heterocycles. The summed E-state index contributed by atoms with van der Waals surface area (Å²) >= 11 is 0. The van der Waals surface area contributed by atoms with Crippen LogP contribution >= 0.6 is 0 Å². The highest BCUT2D eigenvalue weighted by Crippen LogP contribution is 2.47. The lowest BCUT2D eigenvalue weighted by Crippen LogP contribution is -2.10. The van der Waals surface area contributed by atoms with Crippen LogP contribution in [-0.2, 0) is 0 Å². The SMILES string of the molecule is c1ccc(-c2ccc(N(c3ccccc3)c3cccc4c3oc3cccc(N(c5ccccc5)c5ccc6c(c5)oc5ccccc56)c34)cc2)cc1. The second kappa shape index (κ2) is 12.4. The molecule has 8 aromatic carbocycles. The fourth-order valence-electron chi connectivity index (χ4n) is 7.47. The van der Waals surface area contributed by atoms with E-state index < -0.39 is 0 Å². The van der Waals surface area contributed by atoms with Crippen LogP contribution in [0.4, 0.5) is 34.1 Å². The smallest absolute Gasteiger partial charge is 0.159 e. The van der Waals surface area contributed by atoms with E-state index in [1.807, 2.05) is 18.2 Å². The van der Waals surface area contributed by atoms with Gasteiger partial charge in [0.1, 0.15) is 16.7 Å². The molecule has 4 nitrogen and oxygen atoms in total. The number of fused-ring (bicyclic) bond motifs is 6. The van der Waals surface area contributed by atoms with E-state index in [0.717, 1.165) is 78.0 Å². The zero-order chi connectivity index (χ0) is 34.4. The van der Waals surface area contributed by atoms with E-state index in [1.54, 1.807) is 0 Å². The highest BCUT2D eigenvalue weighted by Gasteiger charge is 2.24. The summed E-state index contributed by atoms with van der Waals surface area (Å²) in [6.07, 6.45) is 0. The number of benzene rings is 8. The molecule has 0 spiro atoms. The topological polar surface area (TPSA) is 32.8 Å². The zero-order valence-electron chi connectivity index (χ0n) is 28.2. The van der Waals surface area contributed by atoms with Gasteiger partial charge in [-0.3, -0.25) is 0 Å². The van der Waals surface area contributed by atoms with Crippen LogP contribution in [0.25, 0.3) is 55.0 Å². The van der Waals surface area contributed by atoms with Gasteiger partial charge in [-0.2, -0.15) is 0 Å². The fourth-order valence-corrected chi connectivity index (χ4v) is 7.47. The molecule has 10 aromatic rings. The largest absolute Gasteiger partial charge is 0.456 e. The van der Waals surface area contributed by atoms with E-state index in [0.29, 0.717) is 0 Å². The van der Waals surface area contributed by atoms with E-state index in [1.165, 1.54) is 11.1 Å². The summed E-state index contributed by atoms with van der Waals surface area (Å²) in [6.45, 7) is 0. The number of rotatable bonds is 7. The molecule has 4 heteroatoms. The summed E-state index contributed by atoms with van der Waals surface area (Å²) in [5.74, 6) is 0. The van der Waals surface area contributed by atoms with Gasteiger partial charge >= 0.3 is 0 Å². The Bertz CT molecular complexity index is 2840. The van der Waals surface area contributed by atoms with Gasteiger partial charge in [0.05, 0.1) is 16.8 Å². The first-order valence-electron chi connectivity index (χ1n) is 17.5. The predicted molar refractivity (Wildman–Crippen MR) is 216 cm³/mol. The maximum absolute atomic E-state index is 6.89. The summed E-state index contributed by atoms with van der Waals surface area (Å²) in [5.41, 5.74) is 11.9. The molecular weight excluding hydrogens is 637 g/mol. The number of anilines is 6. The molecule has 0 atom stereocenters. The molecular formula is C48H32N2O2. The van der Waals surface area contributed by atoms with Crippen molar-refractivity contribution < 1.29 is 8.83 Å². The Balaban J connectivity index is 1.17. The molecule has 0 aliphatic carbocycles. The molecule has 0 amide bonds. The van der Waals surface area contributed by atoms with Crippen molar-refractivity contribution in [3.63, 3.8) is 0 Å². The van der Waals surface area contributed by atoms with Gasteiger partial charge in [0.2, 0.25) is 0 Å². The summed E-state index contributed by atoms with van der Waals surface area (Å²) in [7, 11) is 0. The van der Waals surface area contributed by atoms with Gasteiger partial charge in [0.15, 0.2) is 5.58 Å². The second-order valence-electron chi connectivity index (χ2n) is 12.9. The van der Waals surface area contributed by atoms with Crippen LogP contribution < -0.4 is 9.80 Å². The van der Waals surface area contributed by atoms with E-state index in [9.17, 15) is 0 Å². The summed E-state index contributed by atoms with van der Waals surface area (Å²) in [6, 6.07) is 67.7. The van der Waals surface area contributed by atoms with E-state index >= 15 is 0 Å². The molecule has 0 N–H and O–H groups in total. The molecule has 246 valence electrons. The van der Waals surface area contributed by atoms with Gasteiger partial charge in [-0.15, -0.1) is 0 Å².